The fourth-order valence-corrected chi connectivity index (χ4v) is 3.24. The summed E-state index contributed by atoms with van der Waals surface area (Å²) in [4.78, 5) is 18.8. The zero-order valence-electron chi connectivity index (χ0n) is 15.0. The summed E-state index contributed by atoms with van der Waals surface area (Å²) in [5, 5.41) is 3.03. The molecule has 2 heterocycles. The van der Waals surface area contributed by atoms with E-state index in [1.807, 2.05) is 35.0 Å². The molecule has 5 heteroatoms. The SMILES string of the molecule is CC1CCN(CCCNC(=O)c2ccc(Cn3ccnc3)cc2)CC1. The summed E-state index contributed by atoms with van der Waals surface area (Å²) in [6, 6.07) is 7.80. The highest BCUT2D eigenvalue weighted by Gasteiger charge is 2.14. The molecule has 1 aliphatic rings. The molecular weight excluding hydrogens is 312 g/mol. The molecular formula is C20H28N4O. The zero-order valence-corrected chi connectivity index (χ0v) is 15.0. The van der Waals surface area contributed by atoms with Gasteiger partial charge in [0.1, 0.15) is 0 Å². The first-order valence-corrected chi connectivity index (χ1v) is 9.26. The predicted octanol–water partition coefficient (Wildman–Crippen LogP) is 2.78. The molecule has 0 aliphatic carbocycles. The Morgan fingerprint density at radius 2 is 2.00 bits per heavy atom. The molecule has 0 spiro atoms. The Labute approximate surface area is 150 Å². The van der Waals surface area contributed by atoms with E-state index in [1.54, 1.807) is 12.5 Å². The molecule has 5 nitrogen and oxygen atoms in total. The van der Waals surface area contributed by atoms with Gasteiger partial charge in [0.2, 0.25) is 0 Å². The fourth-order valence-electron chi connectivity index (χ4n) is 3.24. The Morgan fingerprint density at radius 1 is 1.24 bits per heavy atom. The standard InChI is InChI=1S/C20H28N4O/c1-17-7-12-23(13-8-17)11-2-9-22-20(25)19-5-3-18(4-6-19)15-24-14-10-21-16-24/h3-6,10,14,16-17H,2,7-9,11-13,15H2,1H3,(H,22,25). The van der Waals surface area contributed by atoms with Gasteiger partial charge in [0.25, 0.3) is 5.91 Å². The summed E-state index contributed by atoms with van der Waals surface area (Å²) >= 11 is 0. The molecule has 1 N–H and O–H groups in total. The van der Waals surface area contributed by atoms with Crippen LogP contribution in [-0.2, 0) is 6.54 Å². The number of piperidine rings is 1. The number of imidazole rings is 1. The maximum absolute atomic E-state index is 12.2. The van der Waals surface area contributed by atoms with Crippen molar-refractivity contribution in [2.45, 2.75) is 32.7 Å². The molecule has 0 saturated carbocycles. The van der Waals surface area contributed by atoms with Crippen molar-refractivity contribution >= 4 is 5.91 Å². The lowest BCUT2D eigenvalue weighted by Gasteiger charge is -2.30. The van der Waals surface area contributed by atoms with Crippen LogP contribution in [0.3, 0.4) is 0 Å². The van der Waals surface area contributed by atoms with Crippen LogP contribution in [-0.4, -0.2) is 46.5 Å². The first-order valence-electron chi connectivity index (χ1n) is 9.26. The van der Waals surface area contributed by atoms with E-state index in [9.17, 15) is 4.79 Å². The van der Waals surface area contributed by atoms with Crippen molar-refractivity contribution in [3.05, 3.63) is 54.1 Å². The van der Waals surface area contributed by atoms with Gasteiger partial charge in [-0.15, -0.1) is 0 Å². The van der Waals surface area contributed by atoms with Crippen molar-refractivity contribution in [1.82, 2.24) is 19.8 Å². The Kier molecular flexibility index (Phi) is 6.23. The molecule has 25 heavy (non-hydrogen) atoms. The molecule has 0 bridgehead atoms. The molecule has 1 saturated heterocycles. The lowest BCUT2D eigenvalue weighted by Crippen LogP contribution is -2.35. The van der Waals surface area contributed by atoms with E-state index in [0.29, 0.717) is 0 Å². The van der Waals surface area contributed by atoms with Gasteiger partial charge in [-0.05, 0) is 62.5 Å². The third-order valence-electron chi connectivity index (χ3n) is 4.95. The van der Waals surface area contributed by atoms with Crippen molar-refractivity contribution in [3.8, 4) is 0 Å². The topological polar surface area (TPSA) is 50.2 Å². The van der Waals surface area contributed by atoms with Crippen molar-refractivity contribution in [2.24, 2.45) is 5.92 Å². The average Bonchev–Trinajstić information content (AvgIpc) is 3.14. The maximum Gasteiger partial charge on any atom is 0.251 e. The molecule has 134 valence electrons. The number of hydrogen-bond acceptors (Lipinski definition) is 3. The number of nitrogens with zero attached hydrogens (tertiary/aromatic N) is 3. The minimum Gasteiger partial charge on any atom is -0.352 e. The molecule has 1 aromatic heterocycles. The monoisotopic (exact) mass is 340 g/mol. The summed E-state index contributed by atoms with van der Waals surface area (Å²) in [5.41, 5.74) is 1.88. The average molecular weight is 340 g/mol. The summed E-state index contributed by atoms with van der Waals surface area (Å²) in [6.07, 6.45) is 9.12. The van der Waals surface area contributed by atoms with Crippen LogP contribution in [0.5, 0.6) is 0 Å². The van der Waals surface area contributed by atoms with E-state index in [4.69, 9.17) is 0 Å². The number of nitrogens with one attached hydrogen (secondary N) is 1. The number of benzene rings is 1. The predicted molar refractivity (Wildman–Crippen MR) is 99.6 cm³/mol. The smallest absolute Gasteiger partial charge is 0.251 e. The molecule has 1 aliphatic heterocycles. The Hall–Kier alpha value is -2.14. The van der Waals surface area contributed by atoms with Gasteiger partial charge in [-0.3, -0.25) is 4.79 Å². The van der Waals surface area contributed by atoms with Crippen LogP contribution >= 0.6 is 0 Å². The van der Waals surface area contributed by atoms with Crippen molar-refractivity contribution < 1.29 is 4.79 Å². The highest BCUT2D eigenvalue weighted by Crippen LogP contribution is 2.15. The second-order valence-corrected chi connectivity index (χ2v) is 7.07. The number of rotatable bonds is 7. The van der Waals surface area contributed by atoms with Gasteiger partial charge in [0.05, 0.1) is 6.33 Å². The fraction of sp³-hybridized carbons (Fsp3) is 0.500. The van der Waals surface area contributed by atoms with E-state index in [0.717, 1.165) is 43.1 Å². The van der Waals surface area contributed by atoms with Gasteiger partial charge in [0.15, 0.2) is 0 Å². The molecule has 0 unspecified atom stereocenters. The summed E-state index contributed by atoms with van der Waals surface area (Å²) in [6.45, 7) is 7.33. The van der Waals surface area contributed by atoms with Crippen molar-refractivity contribution in [1.29, 1.82) is 0 Å². The number of likely N-dealkylation sites (tertiary alicyclic amines) is 1. The normalized spacial score (nSPS) is 16.0. The first kappa shape index (κ1) is 17.7. The van der Waals surface area contributed by atoms with Crippen LogP contribution in [0, 0.1) is 5.92 Å². The largest absolute Gasteiger partial charge is 0.352 e. The Balaban J connectivity index is 1.37. The van der Waals surface area contributed by atoms with Crippen molar-refractivity contribution in [3.63, 3.8) is 0 Å². The number of amides is 1. The molecule has 3 rings (SSSR count). The van der Waals surface area contributed by atoms with Crippen LogP contribution < -0.4 is 5.32 Å². The molecule has 1 aromatic carbocycles. The lowest BCUT2D eigenvalue weighted by atomic mass is 9.99. The Morgan fingerprint density at radius 3 is 2.68 bits per heavy atom. The summed E-state index contributed by atoms with van der Waals surface area (Å²) in [5.74, 6) is 0.883. The lowest BCUT2D eigenvalue weighted by molar-refractivity contribution is 0.0950. The number of carbonyl (C=O) groups excluding carboxylic acids is 1. The molecule has 0 atom stereocenters. The minimum atomic E-state index is 0.0152. The van der Waals surface area contributed by atoms with E-state index >= 15 is 0 Å². The molecule has 0 radical (unpaired) electrons. The van der Waals surface area contributed by atoms with Crippen LogP contribution in [0.25, 0.3) is 0 Å². The van der Waals surface area contributed by atoms with E-state index in [1.165, 1.54) is 25.9 Å². The molecule has 1 amide bonds. The van der Waals surface area contributed by atoms with Crippen molar-refractivity contribution in [2.75, 3.05) is 26.2 Å². The zero-order chi connectivity index (χ0) is 17.5. The number of hydrogen-bond donors (Lipinski definition) is 1. The van der Waals surface area contributed by atoms with Gasteiger partial charge < -0.3 is 14.8 Å². The minimum absolute atomic E-state index is 0.0152. The second kappa shape index (κ2) is 8.81. The number of aromatic nitrogens is 2. The quantitative estimate of drug-likeness (QED) is 0.789. The van der Waals surface area contributed by atoms with E-state index < -0.39 is 0 Å². The van der Waals surface area contributed by atoms with Crippen LogP contribution in [0.1, 0.15) is 42.1 Å². The van der Waals surface area contributed by atoms with Crippen LogP contribution in [0.2, 0.25) is 0 Å². The second-order valence-electron chi connectivity index (χ2n) is 7.07. The van der Waals surface area contributed by atoms with Crippen LogP contribution in [0.4, 0.5) is 0 Å². The van der Waals surface area contributed by atoms with Gasteiger partial charge in [0, 0.05) is 31.0 Å². The maximum atomic E-state index is 12.2. The third kappa shape index (κ3) is 5.43. The summed E-state index contributed by atoms with van der Waals surface area (Å²) < 4.78 is 2.01. The van der Waals surface area contributed by atoms with Gasteiger partial charge >= 0.3 is 0 Å². The molecule has 1 fully saturated rings. The summed E-state index contributed by atoms with van der Waals surface area (Å²) in [7, 11) is 0. The van der Waals surface area contributed by atoms with E-state index in [2.05, 4.69) is 22.1 Å². The Bertz CT molecular complexity index is 643. The van der Waals surface area contributed by atoms with Gasteiger partial charge in [-0.1, -0.05) is 19.1 Å². The van der Waals surface area contributed by atoms with Gasteiger partial charge in [-0.25, -0.2) is 4.98 Å². The third-order valence-corrected chi connectivity index (χ3v) is 4.95. The highest BCUT2D eigenvalue weighted by atomic mass is 16.1. The number of carbonyl (C=O) groups is 1. The first-order chi connectivity index (χ1) is 12.2. The van der Waals surface area contributed by atoms with Crippen LogP contribution in [0.15, 0.2) is 43.0 Å². The van der Waals surface area contributed by atoms with Gasteiger partial charge in [-0.2, -0.15) is 0 Å². The van der Waals surface area contributed by atoms with E-state index in [-0.39, 0.29) is 5.91 Å². The molecule has 2 aromatic rings. The highest BCUT2D eigenvalue weighted by molar-refractivity contribution is 5.94.